The van der Waals surface area contributed by atoms with Crippen molar-refractivity contribution in [2.24, 2.45) is 0 Å². The standard InChI is InChI=1S/C9H7Br2N3/c10-6-4-13-14(5-6)9-7(11)2-1-3-8(9)12/h1-5H,12H2. The van der Waals surface area contributed by atoms with E-state index in [0.717, 1.165) is 14.6 Å². The number of nitrogens with two attached hydrogens (primary N) is 1. The molecule has 1 aromatic carbocycles. The van der Waals surface area contributed by atoms with Crippen LogP contribution >= 0.6 is 31.9 Å². The van der Waals surface area contributed by atoms with Gasteiger partial charge in [0.15, 0.2) is 0 Å². The minimum atomic E-state index is 0.690. The maximum atomic E-state index is 5.86. The monoisotopic (exact) mass is 315 g/mol. The Hall–Kier alpha value is -0.810. The third kappa shape index (κ3) is 1.69. The molecule has 2 N–H and O–H groups in total. The molecule has 0 saturated carbocycles. The van der Waals surface area contributed by atoms with Crippen molar-refractivity contribution < 1.29 is 0 Å². The van der Waals surface area contributed by atoms with Crippen molar-refractivity contribution in [2.45, 2.75) is 0 Å². The minimum Gasteiger partial charge on any atom is -0.397 e. The van der Waals surface area contributed by atoms with Gasteiger partial charge >= 0.3 is 0 Å². The number of benzene rings is 1. The molecule has 0 spiro atoms. The van der Waals surface area contributed by atoms with Crippen molar-refractivity contribution in [3.63, 3.8) is 0 Å². The average Bonchev–Trinajstić information content (AvgIpc) is 2.51. The smallest absolute Gasteiger partial charge is 0.102 e. The molecule has 0 fully saturated rings. The van der Waals surface area contributed by atoms with E-state index in [0.29, 0.717) is 5.69 Å². The highest BCUT2D eigenvalue weighted by Gasteiger charge is 2.07. The van der Waals surface area contributed by atoms with Gasteiger partial charge < -0.3 is 5.73 Å². The van der Waals surface area contributed by atoms with Gasteiger partial charge in [-0.25, -0.2) is 4.68 Å². The van der Waals surface area contributed by atoms with Gasteiger partial charge in [-0.1, -0.05) is 6.07 Å². The molecular formula is C9H7Br2N3. The number of rotatable bonds is 1. The van der Waals surface area contributed by atoms with E-state index in [1.54, 1.807) is 10.9 Å². The molecular weight excluding hydrogens is 310 g/mol. The fraction of sp³-hybridized carbons (Fsp3) is 0. The summed E-state index contributed by atoms with van der Waals surface area (Å²) < 4.78 is 3.57. The lowest BCUT2D eigenvalue weighted by molar-refractivity contribution is 0.878. The summed E-state index contributed by atoms with van der Waals surface area (Å²) in [6.07, 6.45) is 3.58. The lowest BCUT2D eigenvalue weighted by Crippen LogP contribution is -2.00. The van der Waals surface area contributed by atoms with Crippen LogP contribution in [0.2, 0.25) is 0 Å². The third-order valence-electron chi connectivity index (χ3n) is 1.80. The first-order valence-electron chi connectivity index (χ1n) is 3.93. The van der Waals surface area contributed by atoms with Gasteiger partial charge in [0.2, 0.25) is 0 Å². The molecule has 0 radical (unpaired) electrons. The maximum absolute atomic E-state index is 5.86. The summed E-state index contributed by atoms with van der Waals surface area (Å²) in [6.45, 7) is 0. The second-order valence-corrected chi connectivity index (χ2v) is 4.55. The molecule has 0 amide bonds. The van der Waals surface area contributed by atoms with Gasteiger partial charge in [-0.05, 0) is 44.0 Å². The fourth-order valence-electron chi connectivity index (χ4n) is 1.20. The van der Waals surface area contributed by atoms with Crippen molar-refractivity contribution in [3.8, 4) is 5.69 Å². The molecule has 2 rings (SSSR count). The normalized spacial score (nSPS) is 10.4. The number of para-hydroxylation sites is 1. The van der Waals surface area contributed by atoms with Gasteiger partial charge in [-0.15, -0.1) is 0 Å². The molecule has 5 heteroatoms. The Kier molecular flexibility index (Phi) is 2.60. The average molecular weight is 317 g/mol. The van der Waals surface area contributed by atoms with E-state index in [2.05, 4.69) is 37.0 Å². The van der Waals surface area contributed by atoms with Crippen LogP contribution in [0.5, 0.6) is 0 Å². The number of hydrogen-bond acceptors (Lipinski definition) is 2. The van der Waals surface area contributed by atoms with E-state index in [1.807, 2.05) is 24.4 Å². The first kappa shape index (κ1) is 9.73. The van der Waals surface area contributed by atoms with Crippen LogP contribution in [0.15, 0.2) is 39.5 Å². The summed E-state index contributed by atoms with van der Waals surface area (Å²) in [5.41, 5.74) is 7.41. The van der Waals surface area contributed by atoms with E-state index in [9.17, 15) is 0 Å². The minimum absolute atomic E-state index is 0.690. The Balaban J connectivity index is 2.61. The van der Waals surface area contributed by atoms with Crippen LogP contribution in [0.1, 0.15) is 0 Å². The summed E-state index contributed by atoms with van der Waals surface area (Å²) in [7, 11) is 0. The van der Waals surface area contributed by atoms with Gasteiger partial charge in [0.25, 0.3) is 0 Å². The zero-order chi connectivity index (χ0) is 10.1. The molecule has 0 saturated heterocycles. The highest BCUT2D eigenvalue weighted by Crippen LogP contribution is 2.26. The summed E-state index contributed by atoms with van der Waals surface area (Å²) in [6, 6.07) is 5.67. The zero-order valence-electron chi connectivity index (χ0n) is 7.11. The Bertz CT molecular complexity index is 445. The summed E-state index contributed by atoms with van der Waals surface area (Å²) >= 11 is 6.78. The van der Waals surface area contributed by atoms with Crippen LogP contribution in [0.4, 0.5) is 5.69 Å². The number of anilines is 1. The summed E-state index contributed by atoms with van der Waals surface area (Å²) in [5, 5.41) is 4.17. The molecule has 72 valence electrons. The molecule has 1 heterocycles. The second-order valence-electron chi connectivity index (χ2n) is 2.78. The first-order chi connectivity index (χ1) is 6.68. The van der Waals surface area contributed by atoms with Gasteiger partial charge in [0.1, 0.15) is 5.69 Å². The van der Waals surface area contributed by atoms with Crippen LogP contribution in [0, 0.1) is 0 Å². The van der Waals surface area contributed by atoms with Gasteiger partial charge in [0, 0.05) is 10.7 Å². The molecule has 0 aliphatic rings. The predicted octanol–water partition coefficient (Wildman–Crippen LogP) is 2.98. The number of hydrogen-bond donors (Lipinski definition) is 1. The number of aromatic nitrogens is 2. The number of nitrogen functional groups attached to an aromatic ring is 1. The van der Waals surface area contributed by atoms with E-state index < -0.39 is 0 Å². The largest absolute Gasteiger partial charge is 0.397 e. The second kappa shape index (κ2) is 3.74. The lowest BCUT2D eigenvalue weighted by atomic mass is 10.3. The van der Waals surface area contributed by atoms with Crippen molar-refractivity contribution in [1.29, 1.82) is 0 Å². The van der Waals surface area contributed by atoms with Crippen molar-refractivity contribution in [1.82, 2.24) is 9.78 Å². The maximum Gasteiger partial charge on any atom is 0.102 e. The quantitative estimate of drug-likeness (QED) is 0.822. The van der Waals surface area contributed by atoms with Gasteiger partial charge in [-0.3, -0.25) is 0 Å². The van der Waals surface area contributed by atoms with Crippen LogP contribution in [0.3, 0.4) is 0 Å². The molecule has 0 aliphatic carbocycles. The van der Waals surface area contributed by atoms with Crippen LogP contribution in [-0.2, 0) is 0 Å². The molecule has 0 atom stereocenters. The molecule has 3 nitrogen and oxygen atoms in total. The molecule has 14 heavy (non-hydrogen) atoms. The van der Waals surface area contributed by atoms with E-state index >= 15 is 0 Å². The van der Waals surface area contributed by atoms with Crippen molar-refractivity contribution >= 4 is 37.5 Å². The SMILES string of the molecule is Nc1cccc(Br)c1-n1cc(Br)cn1. The Morgan fingerprint density at radius 2 is 2.07 bits per heavy atom. The number of nitrogens with zero attached hydrogens (tertiary/aromatic N) is 2. The molecule has 1 aromatic heterocycles. The Morgan fingerprint density at radius 3 is 2.64 bits per heavy atom. The van der Waals surface area contributed by atoms with Gasteiger partial charge in [0.05, 0.1) is 16.4 Å². The third-order valence-corrected chi connectivity index (χ3v) is 2.85. The summed E-state index contributed by atoms with van der Waals surface area (Å²) in [4.78, 5) is 0. The Morgan fingerprint density at radius 1 is 1.29 bits per heavy atom. The van der Waals surface area contributed by atoms with Crippen molar-refractivity contribution in [3.05, 3.63) is 39.5 Å². The van der Waals surface area contributed by atoms with E-state index in [4.69, 9.17) is 5.73 Å². The fourth-order valence-corrected chi connectivity index (χ4v) is 2.05. The Labute approximate surface area is 98.2 Å². The van der Waals surface area contributed by atoms with Crippen LogP contribution < -0.4 is 5.73 Å². The highest BCUT2D eigenvalue weighted by molar-refractivity contribution is 9.10. The van der Waals surface area contributed by atoms with Crippen LogP contribution in [0.25, 0.3) is 5.69 Å². The first-order valence-corrected chi connectivity index (χ1v) is 5.51. The van der Waals surface area contributed by atoms with Gasteiger partial charge in [-0.2, -0.15) is 5.10 Å². The lowest BCUT2D eigenvalue weighted by Gasteiger charge is -2.07. The summed E-state index contributed by atoms with van der Waals surface area (Å²) in [5.74, 6) is 0. The molecule has 2 aromatic rings. The van der Waals surface area contributed by atoms with E-state index in [-0.39, 0.29) is 0 Å². The van der Waals surface area contributed by atoms with E-state index in [1.165, 1.54) is 0 Å². The molecule has 0 aliphatic heterocycles. The zero-order valence-corrected chi connectivity index (χ0v) is 10.3. The van der Waals surface area contributed by atoms with Crippen LogP contribution in [-0.4, -0.2) is 9.78 Å². The van der Waals surface area contributed by atoms with Crippen molar-refractivity contribution in [2.75, 3.05) is 5.73 Å². The highest BCUT2D eigenvalue weighted by atomic mass is 79.9. The number of halogens is 2. The topological polar surface area (TPSA) is 43.8 Å². The molecule has 0 bridgehead atoms. The molecule has 0 unspecified atom stereocenters. The predicted molar refractivity (Wildman–Crippen MR) is 63.4 cm³/mol.